The van der Waals surface area contributed by atoms with Crippen molar-refractivity contribution in [2.45, 2.75) is 38.9 Å². The van der Waals surface area contributed by atoms with Crippen LogP contribution >= 0.6 is 0 Å². The molecule has 2 aromatic heterocycles. The van der Waals surface area contributed by atoms with Gasteiger partial charge in [-0.1, -0.05) is 11.2 Å². The minimum absolute atomic E-state index is 0.0171. The highest BCUT2D eigenvalue weighted by molar-refractivity contribution is 5.77. The molecule has 0 unspecified atom stereocenters. The van der Waals surface area contributed by atoms with Crippen molar-refractivity contribution >= 4 is 5.91 Å². The number of hydrogen-bond acceptors (Lipinski definition) is 7. The van der Waals surface area contributed by atoms with Gasteiger partial charge >= 0.3 is 0 Å². The Bertz CT molecular complexity index is 675. The van der Waals surface area contributed by atoms with Crippen molar-refractivity contribution in [1.82, 2.24) is 30.7 Å². The summed E-state index contributed by atoms with van der Waals surface area (Å²) in [6.45, 7) is 5.13. The van der Waals surface area contributed by atoms with E-state index in [1.54, 1.807) is 13.1 Å². The lowest BCUT2D eigenvalue weighted by molar-refractivity contribution is -0.120. The smallest absolute Gasteiger partial charge is 0.234 e. The molecule has 1 aliphatic rings. The number of likely N-dealkylation sites (tertiary alicyclic amines) is 1. The van der Waals surface area contributed by atoms with Crippen molar-refractivity contribution < 1.29 is 9.32 Å². The normalized spacial score (nSPS) is 18.2. The van der Waals surface area contributed by atoms with Crippen LogP contribution in [0.4, 0.5) is 0 Å². The van der Waals surface area contributed by atoms with Gasteiger partial charge in [0.05, 0.1) is 25.3 Å². The molecule has 0 bridgehead atoms. The highest BCUT2D eigenvalue weighted by Crippen LogP contribution is 2.12. The van der Waals surface area contributed by atoms with Gasteiger partial charge in [0, 0.05) is 25.7 Å². The molecular formula is C17H24N6O2. The Morgan fingerprint density at radius 3 is 3.12 bits per heavy atom. The molecular weight excluding hydrogens is 320 g/mol. The molecule has 1 atom stereocenters. The number of aromatic nitrogens is 3. The van der Waals surface area contributed by atoms with E-state index in [2.05, 4.69) is 30.7 Å². The Kier molecular flexibility index (Phi) is 6.08. The average Bonchev–Trinajstić information content (AvgIpc) is 3.04. The van der Waals surface area contributed by atoms with Gasteiger partial charge in [0.2, 0.25) is 11.8 Å². The number of carbonyl (C=O) groups excluding carboxylic acids is 1. The monoisotopic (exact) mass is 344 g/mol. The summed E-state index contributed by atoms with van der Waals surface area (Å²) < 4.78 is 5.01. The standard InChI is InChI=1S/C17H24N6O2/c1-13-21-16(22-25-13)12-23-8-4-6-15(11-23)19-10-17(24)20-9-14-5-2-3-7-18-14/h2-3,5,7,15,19H,4,6,8-12H2,1H3,(H,20,24)/t15-/m0/s1. The van der Waals surface area contributed by atoms with Crippen LogP contribution in [0.2, 0.25) is 0 Å². The highest BCUT2D eigenvalue weighted by Gasteiger charge is 2.21. The van der Waals surface area contributed by atoms with Crippen molar-refractivity contribution in [2.75, 3.05) is 19.6 Å². The summed E-state index contributed by atoms with van der Waals surface area (Å²) in [5, 5.41) is 10.2. The SMILES string of the molecule is Cc1nc(CN2CCC[C@H](NCC(=O)NCc3ccccn3)C2)no1. The first-order valence-electron chi connectivity index (χ1n) is 8.60. The van der Waals surface area contributed by atoms with Gasteiger partial charge in [-0.25, -0.2) is 0 Å². The fraction of sp³-hybridized carbons (Fsp3) is 0.529. The molecule has 0 saturated carbocycles. The average molecular weight is 344 g/mol. The maximum atomic E-state index is 12.0. The number of piperidine rings is 1. The molecule has 1 saturated heterocycles. The number of aryl methyl sites for hydroxylation is 1. The Morgan fingerprint density at radius 2 is 2.36 bits per heavy atom. The number of amides is 1. The predicted molar refractivity (Wildman–Crippen MR) is 91.4 cm³/mol. The van der Waals surface area contributed by atoms with Crippen LogP contribution in [-0.2, 0) is 17.9 Å². The van der Waals surface area contributed by atoms with Crippen LogP contribution < -0.4 is 10.6 Å². The van der Waals surface area contributed by atoms with Gasteiger partial charge in [-0.3, -0.25) is 14.7 Å². The molecule has 3 heterocycles. The molecule has 0 aliphatic carbocycles. The van der Waals surface area contributed by atoms with Crippen LogP contribution in [0.15, 0.2) is 28.9 Å². The lowest BCUT2D eigenvalue weighted by Crippen LogP contribution is -2.48. The van der Waals surface area contributed by atoms with E-state index in [4.69, 9.17) is 4.52 Å². The lowest BCUT2D eigenvalue weighted by Gasteiger charge is -2.32. The maximum absolute atomic E-state index is 12.0. The molecule has 0 aromatic carbocycles. The minimum atomic E-state index is -0.0171. The zero-order chi connectivity index (χ0) is 17.5. The van der Waals surface area contributed by atoms with Crippen LogP contribution in [-0.4, -0.2) is 51.6 Å². The lowest BCUT2D eigenvalue weighted by atomic mass is 10.1. The van der Waals surface area contributed by atoms with E-state index in [1.165, 1.54) is 0 Å². The van der Waals surface area contributed by atoms with Crippen molar-refractivity contribution in [2.24, 2.45) is 0 Å². The number of rotatable bonds is 7. The van der Waals surface area contributed by atoms with E-state index in [-0.39, 0.29) is 5.91 Å². The molecule has 0 radical (unpaired) electrons. The summed E-state index contributed by atoms with van der Waals surface area (Å²) in [5.74, 6) is 1.29. The first-order chi connectivity index (χ1) is 12.2. The largest absolute Gasteiger partial charge is 0.349 e. The zero-order valence-corrected chi connectivity index (χ0v) is 14.4. The predicted octanol–water partition coefficient (Wildman–Crippen LogP) is 0.643. The second-order valence-corrected chi connectivity index (χ2v) is 6.28. The minimum Gasteiger partial charge on any atom is -0.349 e. The third-order valence-electron chi connectivity index (χ3n) is 4.18. The van der Waals surface area contributed by atoms with Crippen LogP contribution in [0.1, 0.15) is 30.3 Å². The molecule has 134 valence electrons. The maximum Gasteiger partial charge on any atom is 0.234 e. The van der Waals surface area contributed by atoms with Gasteiger partial charge in [-0.15, -0.1) is 0 Å². The fourth-order valence-corrected chi connectivity index (χ4v) is 2.96. The summed E-state index contributed by atoms with van der Waals surface area (Å²) in [6.07, 6.45) is 3.88. The third-order valence-corrected chi connectivity index (χ3v) is 4.18. The van der Waals surface area contributed by atoms with E-state index in [0.717, 1.165) is 31.6 Å². The molecule has 1 aliphatic heterocycles. The number of nitrogens with zero attached hydrogens (tertiary/aromatic N) is 4. The molecule has 25 heavy (non-hydrogen) atoms. The number of pyridine rings is 1. The second kappa shape index (κ2) is 8.68. The molecule has 1 fully saturated rings. The van der Waals surface area contributed by atoms with Crippen LogP contribution in [0.5, 0.6) is 0 Å². The summed E-state index contributed by atoms with van der Waals surface area (Å²) in [6, 6.07) is 5.96. The second-order valence-electron chi connectivity index (χ2n) is 6.28. The van der Waals surface area contributed by atoms with Crippen molar-refractivity contribution in [3.63, 3.8) is 0 Å². The van der Waals surface area contributed by atoms with Gasteiger partial charge < -0.3 is 15.2 Å². The Hall–Kier alpha value is -2.32. The quantitative estimate of drug-likeness (QED) is 0.761. The summed E-state index contributed by atoms with van der Waals surface area (Å²) in [7, 11) is 0. The molecule has 2 N–H and O–H groups in total. The summed E-state index contributed by atoms with van der Waals surface area (Å²) >= 11 is 0. The topological polar surface area (TPSA) is 96.2 Å². The van der Waals surface area contributed by atoms with Crippen LogP contribution in [0, 0.1) is 6.92 Å². The van der Waals surface area contributed by atoms with Crippen LogP contribution in [0.3, 0.4) is 0 Å². The number of carbonyl (C=O) groups is 1. The Labute approximate surface area is 147 Å². The first kappa shape index (κ1) is 17.5. The van der Waals surface area contributed by atoms with Crippen molar-refractivity contribution in [3.05, 3.63) is 41.8 Å². The fourth-order valence-electron chi connectivity index (χ4n) is 2.96. The zero-order valence-electron chi connectivity index (χ0n) is 14.4. The molecule has 0 spiro atoms. The summed E-state index contributed by atoms with van der Waals surface area (Å²) in [4.78, 5) is 22.7. The highest BCUT2D eigenvalue weighted by atomic mass is 16.5. The number of hydrogen-bond donors (Lipinski definition) is 2. The molecule has 1 amide bonds. The van der Waals surface area contributed by atoms with Gasteiger partial charge in [0.1, 0.15) is 0 Å². The van der Waals surface area contributed by atoms with Gasteiger partial charge in [-0.2, -0.15) is 4.98 Å². The third kappa shape index (κ3) is 5.61. The van der Waals surface area contributed by atoms with Gasteiger partial charge in [-0.05, 0) is 31.5 Å². The van der Waals surface area contributed by atoms with E-state index >= 15 is 0 Å². The molecule has 3 rings (SSSR count). The number of nitrogens with one attached hydrogen (secondary N) is 2. The van der Waals surface area contributed by atoms with E-state index in [1.807, 2.05) is 18.2 Å². The first-order valence-corrected chi connectivity index (χ1v) is 8.60. The molecule has 8 nitrogen and oxygen atoms in total. The molecule has 8 heteroatoms. The Morgan fingerprint density at radius 1 is 1.44 bits per heavy atom. The van der Waals surface area contributed by atoms with E-state index < -0.39 is 0 Å². The van der Waals surface area contributed by atoms with Gasteiger partial charge in [0.15, 0.2) is 5.82 Å². The molecule has 2 aromatic rings. The van der Waals surface area contributed by atoms with E-state index in [9.17, 15) is 4.79 Å². The van der Waals surface area contributed by atoms with E-state index in [0.29, 0.717) is 37.4 Å². The van der Waals surface area contributed by atoms with Gasteiger partial charge in [0.25, 0.3) is 0 Å². The van der Waals surface area contributed by atoms with Crippen molar-refractivity contribution in [1.29, 1.82) is 0 Å². The summed E-state index contributed by atoms with van der Waals surface area (Å²) in [5.41, 5.74) is 0.857. The van der Waals surface area contributed by atoms with Crippen LogP contribution in [0.25, 0.3) is 0 Å². The Balaban J connectivity index is 1.38. The van der Waals surface area contributed by atoms with Crippen molar-refractivity contribution in [3.8, 4) is 0 Å².